The van der Waals surface area contributed by atoms with Crippen LogP contribution < -0.4 is 18.9 Å². The molecule has 3 aromatic carbocycles. The van der Waals surface area contributed by atoms with Crippen molar-refractivity contribution in [1.29, 1.82) is 0 Å². The summed E-state index contributed by atoms with van der Waals surface area (Å²) in [6.45, 7) is 0.0632. The van der Waals surface area contributed by atoms with Crippen LogP contribution >= 0.6 is 11.6 Å². The number of aliphatic hydroxyl groups excluding tert-OH is 1. The van der Waals surface area contributed by atoms with Gasteiger partial charge in [-0.25, -0.2) is 0 Å². The number of carbonyl (C=O) groups is 2. The molecule has 0 saturated carbocycles. The highest BCUT2D eigenvalue weighted by molar-refractivity contribution is 6.46. The zero-order chi connectivity index (χ0) is 26.7. The van der Waals surface area contributed by atoms with E-state index in [-0.39, 0.29) is 28.5 Å². The molecule has 1 saturated heterocycles. The third-order valence-corrected chi connectivity index (χ3v) is 6.52. The van der Waals surface area contributed by atoms with Crippen molar-refractivity contribution in [2.75, 3.05) is 28.4 Å². The van der Waals surface area contributed by atoms with Gasteiger partial charge < -0.3 is 29.0 Å². The highest BCUT2D eigenvalue weighted by atomic mass is 35.5. The number of likely N-dealkylation sites (tertiary alicyclic amines) is 1. The number of methoxy groups -OCH3 is 4. The topological polar surface area (TPSA) is 94.5 Å². The van der Waals surface area contributed by atoms with Gasteiger partial charge in [0, 0.05) is 11.1 Å². The summed E-state index contributed by atoms with van der Waals surface area (Å²) >= 11 is 6.28. The number of carbonyl (C=O) groups excluding carboxylic acids is 2. The first-order valence-electron chi connectivity index (χ1n) is 11.3. The lowest BCUT2D eigenvalue weighted by atomic mass is 9.94. The average molecular weight is 524 g/mol. The van der Waals surface area contributed by atoms with Crippen molar-refractivity contribution in [3.05, 3.63) is 87.9 Å². The van der Waals surface area contributed by atoms with Crippen LogP contribution in [0.1, 0.15) is 22.7 Å². The van der Waals surface area contributed by atoms with E-state index in [0.29, 0.717) is 34.1 Å². The molecule has 1 unspecified atom stereocenters. The Morgan fingerprint density at radius 1 is 0.838 bits per heavy atom. The number of para-hydroxylation sites is 1. The molecule has 1 aliphatic heterocycles. The maximum absolute atomic E-state index is 13.4. The molecule has 1 fully saturated rings. The van der Waals surface area contributed by atoms with Crippen molar-refractivity contribution in [1.82, 2.24) is 4.90 Å². The number of hydrogen-bond acceptors (Lipinski definition) is 7. The van der Waals surface area contributed by atoms with Gasteiger partial charge in [0.1, 0.15) is 17.3 Å². The SMILES string of the molecule is COc1ccc(/C(O)=C2/C(=O)C(=O)N(Cc3ccccc3OC)C2c2ccc(OC)c(OC)c2)cc1Cl. The van der Waals surface area contributed by atoms with Gasteiger partial charge in [0.05, 0.1) is 51.6 Å². The second kappa shape index (κ2) is 10.8. The second-order valence-corrected chi connectivity index (χ2v) is 8.61. The van der Waals surface area contributed by atoms with Gasteiger partial charge in [-0.05, 0) is 42.0 Å². The number of nitrogens with zero attached hydrogens (tertiary/aromatic N) is 1. The fourth-order valence-electron chi connectivity index (χ4n) is 4.40. The first-order chi connectivity index (χ1) is 17.8. The van der Waals surface area contributed by atoms with Crippen molar-refractivity contribution >= 4 is 29.1 Å². The van der Waals surface area contributed by atoms with E-state index in [1.807, 2.05) is 18.2 Å². The first kappa shape index (κ1) is 25.9. The minimum absolute atomic E-state index is 0.0632. The van der Waals surface area contributed by atoms with Crippen LogP contribution in [-0.2, 0) is 16.1 Å². The molecule has 1 aliphatic rings. The zero-order valence-corrected chi connectivity index (χ0v) is 21.5. The molecule has 0 aliphatic carbocycles. The van der Waals surface area contributed by atoms with E-state index in [0.717, 1.165) is 0 Å². The van der Waals surface area contributed by atoms with Crippen LogP contribution in [0.3, 0.4) is 0 Å². The van der Waals surface area contributed by atoms with Crippen LogP contribution in [0, 0.1) is 0 Å². The zero-order valence-electron chi connectivity index (χ0n) is 20.8. The van der Waals surface area contributed by atoms with Gasteiger partial charge in [-0.3, -0.25) is 9.59 Å². The van der Waals surface area contributed by atoms with Gasteiger partial charge in [-0.15, -0.1) is 0 Å². The lowest BCUT2D eigenvalue weighted by Gasteiger charge is -2.26. The van der Waals surface area contributed by atoms with Crippen LogP contribution in [0.2, 0.25) is 5.02 Å². The lowest BCUT2D eigenvalue weighted by Crippen LogP contribution is -2.29. The Morgan fingerprint density at radius 3 is 2.14 bits per heavy atom. The molecule has 1 heterocycles. The van der Waals surface area contributed by atoms with Gasteiger partial charge in [0.2, 0.25) is 0 Å². The molecule has 192 valence electrons. The molecule has 8 nitrogen and oxygen atoms in total. The minimum Gasteiger partial charge on any atom is -0.507 e. The highest BCUT2D eigenvalue weighted by Crippen LogP contribution is 2.43. The molecule has 9 heteroatoms. The number of rotatable bonds is 8. The highest BCUT2D eigenvalue weighted by Gasteiger charge is 2.46. The van der Waals surface area contributed by atoms with E-state index in [1.165, 1.54) is 39.4 Å². The van der Waals surface area contributed by atoms with Crippen LogP contribution in [-0.4, -0.2) is 50.1 Å². The largest absolute Gasteiger partial charge is 0.507 e. The van der Waals surface area contributed by atoms with E-state index in [1.54, 1.807) is 36.4 Å². The Labute approximate surface area is 219 Å². The number of Topliss-reactive ketones (excluding diaryl/α,β-unsaturated/α-hetero) is 1. The van der Waals surface area contributed by atoms with Crippen molar-refractivity contribution < 1.29 is 33.6 Å². The smallest absolute Gasteiger partial charge is 0.295 e. The fourth-order valence-corrected chi connectivity index (χ4v) is 4.66. The number of aliphatic hydroxyl groups is 1. The van der Waals surface area contributed by atoms with Crippen molar-refractivity contribution in [3.8, 4) is 23.0 Å². The molecule has 1 atom stereocenters. The number of hydrogen-bond donors (Lipinski definition) is 1. The monoisotopic (exact) mass is 523 g/mol. The summed E-state index contributed by atoms with van der Waals surface area (Å²) in [5, 5.41) is 11.6. The number of halogens is 1. The van der Waals surface area contributed by atoms with E-state index in [9.17, 15) is 14.7 Å². The van der Waals surface area contributed by atoms with E-state index in [2.05, 4.69) is 0 Å². The number of ether oxygens (including phenoxy) is 4. The summed E-state index contributed by atoms with van der Waals surface area (Å²) in [5.41, 5.74) is 1.44. The van der Waals surface area contributed by atoms with Gasteiger partial charge in [0.15, 0.2) is 11.5 Å². The summed E-state index contributed by atoms with van der Waals surface area (Å²) in [4.78, 5) is 28.2. The Bertz CT molecular complexity index is 1380. The van der Waals surface area contributed by atoms with Crippen molar-refractivity contribution in [2.45, 2.75) is 12.6 Å². The normalized spacial score (nSPS) is 16.6. The van der Waals surface area contributed by atoms with Gasteiger partial charge in [-0.1, -0.05) is 35.9 Å². The third-order valence-electron chi connectivity index (χ3n) is 6.22. The maximum Gasteiger partial charge on any atom is 0.295 e. The van der Waals surface area contributed by atoms with Crippen LogP contribution in [0.15, 0.2) is 66.2 Å². The Balaban J connectivity index is 1.91. The van der Waals surface area contributed by atoms with E-state index in [4.69, 9.17) is 30.5 Å². The summed E-state index contributed by atoms with van der Waals surface area (Å²) < 4.78 is 21.5. The molecule has 37 heavy (non-hydrogen) atoms. The summed E-state index contributed by atoms with van der Waals surface area (Å²) in [6, 6.07) is 16.0. The average Bonchev–Trinajstić information content (AvgIpc) is 3.17. The minimum atomic E-state index is -0.925. The molecule has 0 bridgehead atoms. The van der Waals surface area contributed by atoms with Crippen LogP contribution in [0.5, 0.6) is 23.0 Å². The van der Waals surface area contributed by atoms with Gasteiger partial charge >= 0.3 is 0 Å². The lowest BCUT2D eigenvalue weighted by molar-refractivity contribution is -0.140. The number of ketones is 1. The maximum atomic E-state index is 13.4. The quantitative estimate of drug-likeness (QED) is 0.252. The predicted octanol–water partition coefficient (Wildman–Crippen LogP) is 5.00. The molecular weight excluding hydrogens is 498 g/mol. The molecule has 1 amide bonds. The third kappa shape index (κ3) is 4.80. The standard InChI is InChI=1S/C28H26ClNO7/c1-34-20-8-6-5-7-18(20)15-30-25(16-9-12-22(36-3)23(14-16)37-4)24(27(32)28(30)33)26(31)17-10-11-21(35-2)19(29)13-17/h5-14,25,31H,15H2,1-4H3/b26-24-. The molecule has 0 radical (unpaired) electrons. The van der Waals surface area contributed by atoms with Gasteiger partial charge in [0.25, 0.3) is 11.7 Å². The molecule has 0 spiro atoms. The summed E-state index contributed by atoms with van der Waals surface area (Å²) in [6.07, 6.45) is 0. The van der Waals surface area contributed by atoms with Crippen LogP contribution in [0.25, 0.3) is 5.76 Å². The molecule has 1 N–H and O–H groups in total. The van der Waals surface area contributed by atoms with Crippen molar-refractivity contribution in [3.63, 3.8) is 0 Å². The summed E-state index contributed by atoms with van der Waals surface area (Å²) in [7, 11) is 6.01. The first-order valence-corrected chi connectivity index (χ1v) is 11.7. The van der Waals surface area contributed by atoms with E-state index < -0.39 is 17.7 Å². The number of benzene rings is 3. The Kier molecular flexibility index (Phi) is 7.59. The van der Waals surface area contributed by atoms with Crippen LogP contribution in [0.4, 0.5) is 0 Å². The predicted molar refractivity (Wildman–Crippen MR) is 138 cm³/mol. The number of amides is 1. The molecule has 3 aromatic rings. The van der Waals surface area contributed by atoms with E-state index >= 15 is 0 Å². The Hall–Kier alpha value is -4.17. The summed E-state index contributed by atoms with van der Waals surface area (Å²) in [5.74, 6) is -0.0647. The van der Waals surface area contributed by atoms with Crippen molar-refractivity contribution in [2.24, 2.45) is 0 Å². The second-order valence-electron chi connectivity index (χ2n) is 8.20. The Morgan fingerprint density at radius 2 is 1.49 bits per heavy atom. The molecule has 0 aromatic heterocycles. The molecular formula is C28H26ClNO7. The fraction of sp³-hybridized carbons (Fsp3) is 0.214. The van der Waals surface area contributed by atoms with Gasteiger partial charge in [-0.2, -0.15) is 0 Å². The molecule has 4 rings (SSSR count).